The van der Waals surface area contributed by atoms with Crippen LogP contribution in [0.5, 0.6) is 0 Å². The van der Waals surface area contributed by atoms with Gasteiger partial charge in [0.15, 0.2) is 11.6 Å². The summed E-state index contributed by atoms with van der Waals surface area (Å²) in [4.78, 5) is 26.7. The topological polar surface area (TPSA) is 49.4 Å². The van der Waals surface area contributed by atoms with E-state index in [1.807, 2.05) is 17.0 Å². The summed E-state index contributed by atoms with van der Waals surface area (Å²) in [5.74, 6) is -1.82. The summed E-state index contributed by atoms with van der Waals surface area (Å²) >= 11 is 0. The first-order valence-electron chi connectivity index (χ1n) is 10.1. The van der Waals surface area contributed by atoms with Crippen molar-refractivity contribution in [2.45, 2.75) is 57.2 Å². The Hall–Kier alpha value is -2.76. The zero-order valence-electron chi connectivity index (χ0n) is 16.2. The first-order chi connectivity index (χ1) is 14.0. The van der Waals surface area contributed by atoms with Crippen molar-refractivity contribution in [3.8, 4) is 0 Å². The van der Waals surface area contributed by atoms with Gasteiger partial charge in [0.2, 0.25) is 5.91 Å². The van der Waals surface area contributed by atoms with E-state index in [1.165, 1.54) is 6.07 Å². The summed E-state index contributed by atoms with van der Waals surface area (Å²) in [6.45, 7) is 0.492. The minimum atomic E-state index is -0.889. The van der Waals surface area contributed by atoms with Gasteiger partial charge in [-0.25, -0.2) is 8.78 Å². The smallest absolute Gasteiger partial charge is 0.251 e. The Bertz CT molecular complexity index is 906. The molecule has 4 rings (SSSR count). The van der Waals surface area contributed by atoms with Gasteiger partial charge in [-0.2, -0.15) is 0 Å². The number of amides is 2. The van der Waals surface area contributed by atoms with Crippen molar-refractivity contribution in [1.29, 1.82) is 0 Å². The van der Waals surface area contributed by atoms with Gasteiger partial charge in [-0.3, -0.25) is 9.59 Å². The molecule has 2 amide bonds. The Morgan fingerprint density at radius 3 is 2.24 bits per heavy atom. The summed E-state index contributed by atoms with van der Waals surface area (Å²) in [6.07, 6.45) is 4.69. The van der Waals surface area contributed by atoms with E-state index in [0.29, 0.717) is 30.1 Å². The molecule has 0 unspecified atom stereocenters. The third kappa shape index (κ3) is 5.19. The van der Waals surface area contributed by atoms with Gasteiger partial charge in [-0.15, -0.1) is 0 Å². The lowest BCUT2D eigenvalue weighted by molar-refractivity contribution is -0.132. The van der Waals surface area contributed by atoms with Crippen LogP contribution in [0.4, 0.5) is 8.78 Å². The van der Waals surface area contributed by atoms with Crippen molar-refractivity contribution in [2.75, 3.05) is 0 Å². The molecular weight excluding hydrogens is 374 g/mol. The Labute approximate surface area is 168 Å². The molecule has 0 heterocycles. The summed E-state index contributed by atoms with van der Waals surface area (Å²) in [5, 5.41) is 2.96. The number of carbonyl (C=O) groups is 2. The molecule has 2 aliphatic rings. The molecule has 2 aromatic rings. The Morgan fingerprint density at radius 1 is 0.931 bits per heavy atom. The van der Waals surface area contributed by atoms with Crippen molar-refractivity contribution in [3.05, 3.63) is 70.8 Å². The molecule has 152 valence electrons. The monoisotopic (exact) mass is 398 g/mol. The number of nitrogens with one attached hydrogen (secondary N) is 1. The maximum Gasteiger partial charge on any atom is 0.251 e. The molecule has 2 aromatic carbocycles. The van der Waals surface area contributed by atoms with Gasteiger partial charge < -0.3 is 10.2 Å². The number of rotatable bonds is 8. The molecule has 6 heteroatoms. The fourth-order valence-electron chi connectivity index (χ4n) is 3.35. The lowest BCUT2D eigenvalue weighted by Crippen LogP contribution is -2.32. The summed E-state index contributed by atoms with van der Waals surface area (Å²) < 4.78 is 26.4. The van der Waals surface area contributed by atoms with Crippen LogP contribution in [0.15, 0.2) is 42.5 Å². The van der Waals surface area contributed by atoms with Gasteiger partial charge in [0, 0.05) is 30.6 Å². The second kappa shape index (κ2) is 8.31. The molecule has 0 saturated heterocycles. The minimum absolute atomic E-state index is 0.00721. The molecule has 0 aromatic heterocycles. The molecule has 2 saturated carbocycles. The highest BCUT2D eigenvalue weighted by Crippen LogP contribution is 2.29. The van der Waals surface area contributed by atoms with E-state index in [0.717, 1.165) is 43.4 Å². The van der Waals surface area contributed by atoms with E-state index in [9.17, 15) is 18.4 Å². The normalized spacial score (nSPS) is 15.8. The van der Waals surface area contributed by atoms with Crippen LogP contribution in [0.2, 0.25) is 0 Å². The molecule has 2 aliphatic carbocycles. The number of hydrogen-bond donors (Lipinski definition) is 1. The highest BCUT2D eigenvalue weighted by atomic mass is 19.2. The van der Waals surface area contributed by atoms with E-state index in [2.05, 4.69) is 5.32 Å². The predicted octanol–water partition coefficient (Wildman–Crippen LogP) is 3.98. The van der Waals surface area contributed by atoms with Crippen molar-refractivity contribution in [1.82, 2.24) is 10.2 Å². The number of benzene rings is 2. The van der Waals surface area contributed by atoms with Gasteiger partial charge >= 0.3 is 0 Å². The maximum atomic E-state index is 13.4. The fourth-order valence-corrected chi connectivity index (χ4v) is 3.35. The largest absolute Gasteiger partial charge is 0.349 e. The van der Waals surface area contributed by atoms with Crippen LogP contribution in [0.25, 0.3) is 0 Å². The van der Waals surface area contributed by atoms with E-state index in [-0.39, 0.29) is 24.3 Å². The predicted molar refractivity (Wildman–Crippen MR) is 105 cm³/mol. The van der Waals surface area contributed by atoms with Crippen molar-refractivity contribution in [3.63, 3.8) is 0 Å². The first kappa shape index (κ1) is 19.6. The summed E-state index contributed by atoms with van der Waals surface area (Å²) in [7, 11) is 0. The van der Waals surface area contributed by atoms with Crippen molar-refractivity contribution in [2.24, 2.45) is 0 Å². The van der Waals surface area contributed by atoms with Crippen LogP contribution < -0.4 is 5.32 Å². The molecule has 0 radical (unpaired) electrons. The summed E-state index contributed by atoms with van der Waals surface area (Å²) in [6, 6.07) is 11.7. The van der Waals surface area contributed by atoms with Crippen LogP contribution in [-0.2, 0) is 17.8 Å². The Kier molecular flexibility index (Phi) is 5.60. The second-order valence-corrected chi connectivity index (χ2v) is 7.95. The molecule has 1 N–H and O–H groups in total. The molecule has 0 bridgehead atoms. The third-order valence-corrected chi connectivity index (χ3v) is 5.40. The highest BCUT2D eigenvalue weighted by Gasteiger charge is 2.32. The molecular formula is C23H24F2N2O2. The Balaban J connectivity index is 1.35. The van der Waals surface area contributed by atoms with E-state index in [1.54, 1.807) is 12.1 Å². The van der Waals surface area contributed by atoms with Gasteiger partial charge in [-0.1, -0.05) is 18.2 Å². The summed E-state index contributed by atoms with van der Waals surface area (Å²) in [5.41, 5.74) is 2.21. The van der Waals surface area contributed by atoms with Gasteiger partial charge in [-0.05, 0) is 67.5 Å². The second-order valence-electron chi connectivity index (χ2n) is 7.95. The number of halogens is 2. The third-order valence-electron chi connectivity index (χ3n) is 5.40. The van der Waals surface area contributed by atoms with Crippen LogP contribution >= 0.6 is 0 Å². The lowest BCUT2D eigenvalue weighted by atomic mass is 10.1. The van der Waals surface area contributed by atoms with Crippen LogP contribution in [0, 0.1) is 11.6 Å². The van der Waals surface area contributed by atoms with Crippen LogP contribution in [0.1, 0.15) is 53.6 Å². The van der Waals surface area contributed by atoms with Gasteiger partial charge in [0.25, 0.3) is 5.91 Å². The molecule has 29 heavy (non-hydrogen) atoms. The maximum absolute atomic E-state index is 13.4. The standard InChI is InChI=1S/C23H24F2N2O2/c24-20-11-3-15(13-21(20)25)4-12-22(28)27(19-9-10-19)14-16-1-5-17(6-2-16)23(29)26-18-7-8-18/h1-3,5-6,11,13,18-19H,4,7-10,12,14H2,(H,26,29). The van der Waals surface area contributed by atoms with Gasteiger partial charge in [0.05, 0.1) is 0 Å². The Morgan fingerprint density at radius 2 is 1.62 bits per heavy atom. The number of aryl methyl sites for hydroxylation is 1. The van der Waals surface area contributed by atoms with E-state index in [4.69, 9.17) is 0 Å². The number of carbonyl (C=O) groups excluding carboxylic acids is 2. The highest BCUT2D eigenvalue weighted by molar-refractivity contribution is 5.94. The molecule has 0 spiro atoms. The zero-order valence-corrected chi connectivity index (χ0v) is 16.2. The van der Waals surface area contributed by atoms with Crippen LogP contribution in [-0.4, -0.2) is 28.8 Å². The number of nitrogens with zero attached hydrogens (tertiary/aromatic N) is 1. The van der Waals surface area contributed by atoms with Crippen LogP contribution in [0.3, 0.4) is 0 Å². The lowest BCUT2D eigenvalue weighted by Gasteiger charge is -2.23. The van der Waals surface area contributed by atoms with Gasteiger partial charge in [0.1, 0.15) is 0 Å². The molecule has 0 aliphatic heterocycles. The zero-order chi connectivity index (χ0) is 20.4. The fraction of sp³-hybridized carbons (Fsp3) is 0.391. The average Bonchev–Trinajstić information content (AvgIpc) is 3.62. The van der Waals surface area contributed by atoms with Crippen molar-refractivity contribution < 1.29 is 18.4 Å². The minimum Gasteiger partial charge on any atom is -0.349 e. The molecule has 4 nitrogen and oxygen atoms in total. The number of hydrogen-bond acceptors (Lipinski definition) is 2. The van der Waals surface area contributed by atoms with E-state index >= 15 is 0 Å². The molecule has 2 fully saturated rings. The van der Waals surface area contributed by atoms with E-state index < -0.39 is 11.6 Å². The SMILES string of the molecule is O=C(NC1CC1)c1ccc(CN(C(=O)CCc2ccc(F)c(F)c2)C2CC2)cc1. The first-order valence-corrected chi connectivity index (χ1v) is 10.1. The quantitative estimate of drug-likeness (QED) is 0.731. The average molecular weight is 398 g/mol. The molecule has 0 atom stereocenters. The van der Waals surface area contributed by atoms with Crippen molar-refractivity contribution >= 4 is 11.8 Å².